The molecule has 0 spiro atoms. The van der Waals surface area contributed by atoms with Crippen molar-refractivity contribution in [2.45, 2.75) is 20.3 Å². The summed E-state index contributed by atoms with van der Waals surface area (Å²) in [4.78, 5) is 8.49. The number of hydrogen-bond acceptors (Lipinski definition) is 2. The van der Waals surface area contributed by atoms with Crippen molar-refractivity contribution in [3.05, 3.63) is 57.1 Å². The predicted octanol–water partition coefficient (Wildman–Crippen LogP) is 3.99. The smallest absolute Gasteiger partial charge is 0.136 e. The van der Waals surface area contributed by atoms with Gasteiger partial charge in [0.25, 0.3) is 0 Å². The first-order valence-corrected chi connectivity index (χ1v) is 6.06. The van der Waals surface area contributed by atoms with Crippen LogP contribution in [0.15, 0.2) is 24.3 Å². The van der Waals surface area contributed by atoms with Crippen LogP contribution < -0.4 is 0 Å². The monoisotopic (exact) mass is 266 g/mol. The fraction of sp³-hybridized carbons (Fsp3) is 0.231. The van der Waals surface area contributed by atoms with Crippen LogP contribution >= 0.6 is 23.2 Å². The Kier molecular flexibility index (Phi) is 3.65. The van der Waals surface area contributed by atoms with E-state index in [0.717, 1.165) is 21.8 Å². The number of benzene rings is 1. The molecule has 0 fully saturated rings. The van der Waals surface area contributed by atoms with Gasteiger partial charge >= 0.3 is 0 Å². The van der Waals surface area contributed by atoms with Crippen molar-refractivity contribution in [1.29, 1.82) is 0 Å². The highest BCUT2D eigenvalue weighted by molar-refractivity contribution is 6.31. The molecule has 1 heterocycles. The molecule has 2 nitrogen and oxygen atoms in total. The Hall–Kier alpha value is -1.12. The number of aryl methyl sites for hydroxylation is 2. The molecule has 0 saturated carbocycles. The van der Waals surface area contributed by atoms with Crippen molar-refractivity contribution in [3.63, 3.8) is 0 Å². The molecule has 2 rings (SSSR count). The average Bonchev–Trinajstić information content (AvgIpc) is 2.25. The lowest BCUT2D eigenvalue weighted by Crippen LogP contribution is -2.01. The molecule has 0 saturated heterocycles. The Bertz CT molecular complexity index is 530. The number of rotatable bonds is 2. The first-order valence-electron chi connectivity index (χ1n) is 5.31. The fourth-order valence-electron chi connectivity index (χ4n) is 1.73. The van der Waals surface area contributed by atoms with Crippen LogP contribution in [0, 0.1) is 13.8 Å². The lowest BCUT2D eigenvalue weighted by Gasteiger charge is -2.09. The van der Waals surface area contributed by atoms with Crippen molar-refractivity contribution in [3.8, 4) is 0 Å². The minimum absolute atomic E-state index is 0.509. The topological polar surface area (TPSA) is 25.8 Å². The summed E-state index contributed by atoms with van der Waals surface area (Å²) < 4.78 is 0. The number of halogens is 2. The maximum atomic E-state index is 6.14. The third kappa shape index (κ3) is 2.76. The van der Waals surface area contributed by atoms with Crippen molar-refractivity contribution in [1.82, 2.24) is 9.97 Å². The van der Waals surface area contributed by atoms with E-state index in [1.165, 1.54) is 0 Å². The normalized spacial score (nSPS) is 10.6. The van der Waals surface area contributed by atoms with Crippen LogP contribution in [0.3, 0.4) is 0 Å². The molecule has 1 aromatic carbocycles. The maximum Gasteiger partial charge on any atom is 0.136 e. The van der Waals surface area contributed by atoms with Gasteiger partial charge in [0.05, 0.1) is 0 Å². The lowest BCUT2D eigenvalue weighted by atomic mass is 10.1. The summed E-state index contributed by atoms with van der Waals surface area (Å²) in [6, 6.07) is 7.72. The highest BCUT2D eigenvalue weighted by atomic mass is 35.5. The maximum absolute atomic E-state index is 6.14. The Morgan fingerprint density at radius 1 is 1.06 bits per heavy atom. The van der Waals surface area contributed by atoms with Gasteiger partial charge in [0, 0.05) is 22.7 Å². The molecule has 0 radical (unpaired) electrons. The standard InChI is InChI=1S/C13H12Cl2N2/c1-8-11(13(15)17-9(2)16-8)7-10-5-3-4-6-12(10)14/h3-6H,7H2,1-2H3. The van der Waals surface area contributed by atoms with E-state index in [1.54, 1.807) is 0 Å². The lowest BCUT2D eigenvalue weighted by molar-refractivity contribution is 0.960. The van der Waals surface area contributed by atoms with Crippen molar-refractivity contribution >= 4 is 23.2 Å². The zero-order valence-corrected chi connectivity index (χ0v) is 11.2. The van der Waals surface area contributed by atoms with Gasteiger partial charge < -0.3 is 0 Å². The van der Waals surface area contributed by atoms with Gasteiger partial charge in [-0.05, 0) is 25.5 Å². The number of hydrogen-bond donors (Lipinski definition) is 0. The molecule has 0 aliphatic heterocycles. The van der Waals surface area contributed by atoms with Gasteiger partial charge in [-0.1, -0.05) is 41.4 Å². The molecule has 88 valence electrons. The Balaban J connectivity index is 2.40. The Morgan fingerprint density at radius 2 is 1.76 bits per heavy atom. The van der Waals surface area contributed by atoms with Crippen molar-refractivity contribution in [2.24, 2.45) is 0 Å². The second kappa shape index (κ2) is 5.03. The van der Waals surface area contributed by atoms with Gasteiger partial charge in [0.15, 0.2) is 0 Å². The first-order chi connectivity index (χ1) is 8.08. The summed E-state index contributed by atoms with van der Waals surface area (Å²) in [6.07, 6.45) is 0.657. The summed E-state index contributed by atoms with van der Waals surface area (Å²) in [7, 11) is 0. The minimum Gasteiger partial charge on any atom is -0.238 e. The summed E-state index contributed by atoms with van der Waals surface area (Å²) in [5.41, 5.74) is 2.87. The van der Waals surface area contributed by atoms with Crippen LogP contribution in [0.4, 0.5) is 0 Å². The van der Waals surface area contributed by atoms with E-state index in [-0.39, 0.29) is 0 Å². The van der Waals surface area contributed by atoms with E-state index in [2.05, 4.69) is 9.97 Å². The van der Waals surface area contributed by atoms with Gasteiger partial charge in [0.1, 0.15) is 11.0 Å². The summed E-state index contributed by atoms with van der Waals surface area (Å²) in [5, 5.41) is 1.25. The van der Waals surface area contributed by atoms with Crippen molar-refractivity contribution in [2.75, 3.05) is 0 Å². The molecule has 4 heteroatoms. The molecule has 0 atom stereocenters. The largest absolute Gasteiger partial charge is 0.238 e. The first kappa shape index (κ1) is 12.3. The molecule has 0 aliphatic carbocycles. The van der Waals surface area contributed by atoms with E-state index < -0.39 is 0 Å². The average molecular weight is 267 g/mol. The van der Waals surface area contributed by atoms with Crippen LogP contribution in [0.2, 0.25) is 10.2 Å². The zero-order valence-electron chi connectivity index (χ0n) is 9.67. The van der Waals surface area contributed by atoms with Gasteiger partial charge in [0.2, 0.25) is 0 Å². The summed E-state index contributed by atoms with van der Waals surface area (Å²) >= 11 is 12.3. The highest BCUT2D eigenvalue weighted by Crippen LogP contribution is 2.24. The van der Waals surface area contributed by atoms with Gasteiger partial charge in [-0.2, -0.15) is 0 Å². The predicted molar refractivity (Wildman–Crippen MR) is 70.8 cm³/mol. The third-order valence-electron chi connectivity index (χ3n) is 2.60. The molecule has 0 aliphatic rings. The summed E-state index contributed by atoms with van der Waals surface area (Å²) in [5.74, 6) is 0.690. The Morgan fingerprint density at radius 3 is 2.41 bits per heavy atom. The van der Waals surface area contributed by atoms with Crippen molar-refractivity contribution < 1.29 is 0 Å². The molecule has 2 aromatic rings. The quantitative estimate of drug-likeness (QED) is 0.769. The third-order valence-corrected chi connectivity index (χ3v) is 3.28. The highest BCUT2D eigenvalue weighted by Gasteiger charge is 2.10. The van der Waals surface area contributed by atoms with Crippen LogP contribution in [0.5, 0.6) is 0 Å². The second-order valence-electron chi connectivity index (χ2n) is 3.89. The molecule has 1 aromatic heterocycles. The van der Waals surface area contributed by atoms with Gasteiger partial charge in [-0.15, -0.1) is 0 Å². The zero-order chi connectivity index (χ0) is 12.4. The molecule has 0 bridgehead atoms. The fourth-order valence-corrected chi connectivity index (χ4v) is 2.26. The molecule has 17 heavy (non-hydrogen) atoms. The van der Waals surface area contributed by atoms with E-state index in [4.69, 9.17) is 23.2 Å². The van der Waals surface area contributed by atoms with Crippen LogP contribution in [-0.4, -0.2) is 9.97 Å². The minimum atomic E-state index is 0.509. The number of nitrogens with zero attached hydrogens (tertiary/aromatic N) is 2. The van der Waals surface area contributed by atoms with Crippen LogP contribution in [0.1, 0.15) is 22.6 Å². The summed E-state index contributed by atoms with van der Waals surface area (Å²) in [6.45, 7) is 3.77. The van der Waals surface area contributed by atoms with E-state index in [1.807, 2.05) is 38.1 Å². The molecule has 0 unspecified atom stereocenters. The van der Waals surface area contributed by atoms with E-state index in [9.17, 15) is 0 Å². The molecule has 0 N–H and O–H groups in total. The number of aromatic nitrogens is 2. The molecule has 0 amide bonds. The van der Waals surface area contributed by atoms with Crippen LogP contribution in [-0.2, 0) is 6.42 Å². The van der Waals surface area contributed by atoms with E-state index >= 15 is 0 Å². The Labute approximate surface area is 111 Å². The van der Waals surface area contributed by atoms with Gasteiger partial charge in [-0.25, -0.2) is 9.97 Å². The second-order valence-corrected chi connectivity index (χ2v) is 4.66. The van der Waals surface area contributed by atoms with Gasteiger partial charge in [-0.3, -0.25) is 0 Å². The van der Waals surface area contributed by atoms with E-state index in [0.29, 0.717) is 17.4 Å². The SMILES string of the molecule is Cc1nc(C)c(Cc2ccccc2Cl)c(Cl)n1. The molecular weight excluding hydrogens is 255 g/mol. The van der Waals surface area contributed by atoms with Crippen LogP contribution in [0.25, 0.3) is 0 Å². The molecular formula is C13H12Cl2N2.